The van der Waals surface area contributed by atoms with E-state index >= 15 is 0 Å². The lowest BCUT2D eigenvalue weighted by atomic mass is 10.1. The average molecular weight is 392 g/mol. The number of rotatable bonds is 5. The maximum Gasteiger partial charge on any atom is -0.00727 e. The average Bonchev–Trinajstić information content (AvgIpc) is 2.77. The van der Waals surface area contributed by atoms with Gasteiger partial charge in [-0.05, 0) is 54.9 Å². The molecule has 4 aromatic carbocycles. The van der Waals surface area contributed by atoms with Crippen molar-refractivity contribution >= 4 is 29.9 Å². The number of hydrogen-bond acceptors (Lipinski definition) is 0. The van der Waals surface area contributed by atoms with Crippen molar-refractivity contribution in [2.45, 2.75) is 13.8 Å². The molecule has 0 nitrogen and oxygen atoms in total. The predicted molar refractivity (Wildman–Crippen MR) is 129 cm³/mol. The molecule has 4 aromatic rings. The van der Waals surface area contributed by atoms with Crippen molar-refractivity contribution in [1.29, 1.82) is 0 Å². The van der Waals surface area contributed by atoms with E-state index in [0.29, 0.717) is 0 Å². The van der Waals surface area contributed by atoms with E-state index in [0.717, 1.165) is 0 Å². The van der Waals surface area contributed by atoms with E-state index in [-0.39, 0.29) is 0 Å². The number of benzene rings is 4. The summed E-state index contributed by atoms with van der Waals surface area (Å²) >= 11 is 0. The van der Waals surface area contributed by atoms with Gasteiger partial charge in [0.25, 0.3) is 0 Å². The quantitative estimate of drug-likeness (QED) is 0.255. The van der Waals surface area contributed by atoms with Gasteiger partial charge < -0.3 is 0 Å². The van der Waals surface area contributed by atoms with E-state index in [4.69, 9.17) is 0 Å². The first-order valence-corrected chi connectivity index (χ1v) is 11.3. The molecule has 142 valence electrons. The molecule has 0 unspecified atom stereocenters. The van der Waals surface area contributed by atoms with E-state index < -0.39 is 7.92 Å². The van der Waals surface area contributed by atoms with Crippen LogP contribution in [0.15, 0.2) is 109 Å². The van der Waals surface area contributed by atoms with Crippen molar-refractivity contribution in [3.05, 3.63) is 131 Å². The van der Waals surface area contributed by atoms with Gasteiger partial charge in [-0.2, -0.15) is 0 Å². The Morgan fingerprint density at radius 2 is 1.00 bits per heavy atom. The van der Waals surface area contributed by atoms with Gasteiger partial charge in [0.05, 0.1) is 0 Å². The van der Waals surface area contributed by atoms with Gasteiger partial charge in [-0.1, -0.05) is 120 Å². The van der Waals surface area contributed by atoms with E-state index in [9.17, 15) is 0 Å². The fourth-order valence-corrected chi connectivity index (χ4v) is 5.88. The van der Waals surface area contributed by atoms with Crippen molar-refractivity contribution in [3.63, 3.8) is 0 Å². The predicted octanol–water partition coefficient (Wildman–Crippen LogP) is 6.93. The summed E-state index contributed by atoms with van der Waals surface area (Å²) in [4.78, 5) is 0. The van der Waals surface area contributed by atoms with Crippen molar-refractivity contribution in [3.8, 4) is 0 Å². The van der Waals surface area contributed by atoms with Crippen molar-refractivity contribution in [2.75, 3.05) is 0 Å². The maximum absolute atomic E-state index is 2.37. The molecule has 0 bridgehead atoms. The lowest BCUT2D eigenvalue weighted by molar-refractivity contribution is 1.46. The second kappa shape index (κ2) is 9.03. The largest absolute Gasteiger partial charge is 0.0622 e. The summed E-state index contributed by atoms with van der Waals surface area (Å²) in [6.45, 7) is 4.28. The minimum Gasteiger partial charge on any atom is -0.0622 e. The Hall–Kier alpha value is -2.95. The molecule has 0 spiro atoms. The zero-order valence-corrected chi connectivity index (χ0v) is 17.8. The van der Waals surface area contributed by atoms with Crippen LogP contribution in [-0.2, 0) is 0 Å². The first-order chi connectivity index (χ1) is 14.2. The normalized spacial score (nSPS) is 11.6. The highest BCUT2D eigenvalue weighted by molar-refractivity contribution is 7.82. The highest BCUT2D eigenvalue weighted by atomic mass is 31.1. The molecule has 0 saturated carbocycles. The first-order valence-electron chi connectivity index (χ1n) is 9.96. The summed E-state index contributed by atoms with van der Waals surface area (Å²) in [5.41, 5.74) is 5.10. The minimum absolute atomic E-state index is 0.670. The summed E-state index contributed by atoms with van der Waals surface area (Å²) in [7, 11) is -0.670. The number of aryl methyl sites for hydroxylation is 2. The molecular formula is C28H25P. The van der Waals surface area contributed by atoms with E-state index in [1.807, 2.05) is 0 Å². The monoisotopic (exact) mass is 392 g/mol. The summed E-state index contributed by atoms with van der Waals surface area (Å²) < 4.78 is 0. The van der Waals surface area contributed by atoms with E-state index in [1.165, 1.54) is 38.2 Å². The second-order valence-electron chi connectivity index (χ2n) is 7.31. The Bertz CT molecular complexity index is 1040. The molecule has 0 N–H and O–H groups in total. The zero-order chi connectivity index (χ0) is 20.1. The van der Waals surface area contributed by atoms with Crippen LogP contribution in [0.2, 0.25) is 0 Å². The highest BCUT2D eigenvalue weighted by Gasteiger charge is 2.20. The molecule has 29 heavy (non-hydrogen) atoms. The van der Waals surface area contributed by atoms with Crippen LogP contribution in [0, 0.1) is 13.8 Å². The Morgan fingerprint density at radius 1 is 0.552 bits per heavy atom. The molecular weight excluding hydrogens is 367 g/mol. The van der Waals surface area contributed by atoms with Crippen LogP contribution in [-0.4, -0.2) is 0 Å². The SMILES string of the molecule is Cc1ccc(C=C(c2ccc(C)cc2)P(c2ccccc2)c2ccccc2)cc1. The fraction of sp³-hybridized carbons (Fsp3) is 0.0714. The molecule has 0 fully saturated rings. The molecule has 0 aliphatic rings. The molecule has 0 aliphatic heterocycles. The lowest BCUT2D eigenvalue weighted by Crippen LogP contribution is -2.12. The van der Waals surface area contributed by atoms with Crippen LogP contribution in [0.25, 0.3) is 11.4 Å². The third-order valence-corrected chi connectivity index (χ3v) is 7.50. The molecule has 0 saturated heterocycles. The Kier molecular flexibility index (Phi) is 6.03. The lowest BCUT2D eigenvalue weighted by Gasteiger charge is -2.23. The summed E-state index contributed by atoms with van der Waals surface area (Å²) in [6.07, 6.45) is 2.37. The van der Waals surface area contributed by atoms with E-state index in [1.54, 1.807) is 0 Å². The molecule has 0 aromatic heterocycles. The second-order valence-corrected chi connectivity index (χ2v) is 9.50. The van der Waals surface area contributed by atoms with Gasteiger partial charge in [-0.15, -0.1) is 0 Å². The number of hydrogen-bond donors (Lipinski definition) is 0. The van der Waals surface area contributed by atoms with Gasteiger partial charge in [0.1, 0.15) is 0 Å². The highest BCUT2D eigenvalue weighted by Crippen LogP contribution is 2.49. The third kappa shape index (κ3) is 4.73. The Balaban J connectivity index is 1.93. The topological polar surface area (TPSA) is 0 Å². The van der Waals surface area contributed by atoms with Crippen LogP contribution >= 0.6 is 7.92 Å². The molecule has 0 aliphatic carbocycles. The van der Waals surface area contributed by atoms with Gasteiger partial charge in [0.2, 0.25) is 0 Å². The van der Waals surface area contributed by atoms with Gasteiger partial charge in [0.15, 0.2) is 0 Å². The smallest absolute Gasteiger partial charge is 0.00727 e. The van der Waals surface area contributed by atoms with Crippen molar-refractivity contribution in [1.82, 2.24) is 0 Å². The Morgan fingerprint density at radius 3 is 1.48 bits per heavy atom. The molecule has 0 atom stereocenters. The Labute approximate surface area is 175 Å². The van der Waals surface area contributed by atoms with Gasteiger partial charge in [-0.3, -0.25) is 0 Å². The fourth-order valence-electron chi connectivity index (χ4n) is 3.40. The van der Waals surface area contributed by atoms with Crippen LogP contribution in [0.4, 0.5) is 0 Å². The van der Waals surface area contributed by atoms with Crippen LogP contribution in [0.1, 0.15) is 22.3 Å². The maximum atomic E-state index is 2.37. The molecule has 1 heteroatoms. The van der Waals surface area contributed by atoms with E-state index in [2.05, 4.69) is 129 Å². The molecule has 0 radical (unpaired) electrons. The van der Waals surface area contributed by atoms with Gasteiger partial charge >= 0.3 is 0 Å². The van der Waals surface area contributed by atoms with Crippen LogP contribution in [0.3, 0.4) is 0 Å². The molecule has 0 heterocycles. The molecule has 0 amide bonds. The summed E-state index contributed by atoms with van der Waals surface area (Å²) in [5.74, 6) is 0. The summed E-state index contributed by atoms with van der Waals surface area (Å²) in [5, 5.41) is 4.11. The van der Waals surface area contributed by atoms with Gasteiger partial charge in [-0.25, -0.2) is 0 Å². The third-order valence-electron chi connectivity index (χ3n) is 5.00. The zero-order valence-electron chi connectivity index (χ0n) is 16.9. The van der Waals surface area contributed by atoms with Crippen molar-refractivity contribution in [2.24, 2.45) is 0 Å². The van der Waals surface area contributed by atoms with Crippen molar-refractivity contribution < 1.29 is 0 Å². The minimum atomic E-state index is -0.670. The van der Waals surface area contributed by atoms with Crippen LogP contribution in [0.5, 0.6) is 0 Å². The van der Waals surface area contributed by atoms with Crippen LogP contribution < -0.4 is 10.6 Å². The molecule has 4 rings (SSSR count). The summed E-state index contributed by atoms with van der Waals surface area (Å²) in [6, 6.07) is 39.6. The standard InChI is InChI=1S/C28H25P/c1-22-13-17-24(18-14-22)21-28(25-19-15-23(2)16-20-25)29(26-9-5-3-6-10-26)27-11-7-4-8-12-27/h3-21H,1-2H3. The van der Waals surface area contributed by atoms with Gasteiger partial charge in [0, 0.05) is 0 Å². The first kappa shape index (κ1) is 19.4.